The molecule has 1 rings (SSSR count). The summed E-state index contributed by atoms with van der Waals surface area (Å²) < 4.78 is 4.49. The third-order valence-corrected chi connectivity index (χ3v) is 2.22. The Morgan fingerprint density at radius 2 is 1.88 bits per heavy atom. The lowest BCUT2D eigenvalue weighted by atomic mass is 10.1. The average Bonchev–Trinajstić information content (AvgIpc) is 2.30. The van der Waals surface area contributed by atoms with Crippen LogP contribution in [0.5, 0.6) is 0 Å². The highest BCUT2D eigenvalue weighted by Gasteiger charge is 2.13. The number of benzene rings is 1. The average molecular weight is 221 g/mol. The van der Waals surface area contributed by atoms with Crippen molar-refractivity contribution < 1.29 is 14.3 Å². The van der Waals surface area contributed by atoms with Gasteiger partial charge >= 0.3 is 5.97 Å². The maximum atomic E-state index is 11.7. The van der Waals surface area contributed by atoms with E-state index in [0.717, 1.165) is 5.56 Å². The minimum Gasteiger partial charge on any atom is -0.468 e. The molecule has 0 heterocycles. The van der Waals surface area contributed by atoms with Gasteiger partial charge in [0.05, 0.1) is 13.5 Å². The van der Waals surface area contributed by atoms with Crippen LogP contribution < -0.4 is 0 Å². The number of likely N-dealkylation sites (N-methyl/N-ethyl adjacent to an activating group) is 1. The van der Waals surface area contributed by atoms with Gasteiger partial charge in [-0.2, -0.15) is 0 Å². The van der Waals surface area contributed by atoms with Gasteiger partial charge in [0.15, 0.2) is 0 Å². The highest BCUT2D eigenvalue weighted by molar-refractivity contribution is 5.83. The van der Waals surface area contributed by atoms with Gasteiger partial charge in [0, 0.05) is 7.05 Å². The first-order valence-corrected chi connectivity index (χ1v) is 4.98. The van der Waals surface area contributed by atoms with Crippen LogP contribution in [0.3, 0.4) is 0 Å². The molecule has 4 heteroatoms. The Balaban J connectivity index is 2.49. The second-order valence-electron chi connectivity index (χ2n) is 3.49. The van der Waals surface area contributed by atoms with E-state index in [1.807, 2.05) is 30.3 Å². The van der Waals surface area contributed by atoms with Crippen molar-refractivity contribution >= 4 is 11.9 Å². The lowest BCUT2D eigenvalue weighted by Gasteiger charge is -2.15. The lowest BCUT2D eigenvalue weighted by Crippen LogP contribution is -2.33. The summed E-state index contributed by atoms with van der Waals surface area (Å²) in [5.41, 5.74) is 0.934. The van der Waals surface area contributed by atoms with Crippen molar-refractivity contribution in [1.82, 2.24) is 4.90 Å². The van der Waals surface area contributed by atoms with Crippen LogP contribution in [-0.2, 0) is 20.7 Å². The minimum atomic E-state index is -0.413. The molecule has 1 aromatic rings. The third-order valence-electron chi connectivity index (χ3n) is 2.22. The van der Waals surface area contributed by atoms with Gasteiger partial charge in [0.25, 0.3) is 0 Å². The molecule has 16 heavy (non-hydrogen) atoms. The number of carbonyl (C=O) groups excluding carboxylic acids is 2. The SMILES string of the molecule is COC(=O)CN(C)C(=O)Cc1ccccc1. The molecule has 0 aromatic heterocycles. The predicted molar refractivity (Wildman–Crippen MR) is 59.8 cm³/mol. The summed E-state index contributed by atoms with van der Waals surface area (Å²) in [7, 11) is 2.89. The zero-order valence-electron chi connectivity index (χ0n) is 9.47. The topological polar surface area (TPSA) is 46.6 Å². The van der Waals surface area contributed by atoms with Gasteiger partial charge in [-0.25, -0.2) is 0 Å². The number of hydrogen-bond donors (Lipinski definition) is 0. The second-order valence-corrected chi connectivity index (χ2v) is 3.49. The van der Waals surface area contributed by atoms with E-state index in [0.29, 0.717) is 6.42 Å². The molecule has 0 N–H and O–H groups in total. The lowest BCUT2D eigenvalue weighted by molar-refractivity contribution is -0.145. The molecule has 0 spiro atoms. The summed E-state index contributed by atoms with van der Waals surface area (Å²) in [5.74, 6) is -0.513. The quantitative estimate of drug-likeness (QED) is 0.708. The van der Waals surface area contributed by atoms with Crippen LogP contribution in [0.4, 0.5) is 0 Å². The molecular formula is C12H15NO3. The Morgan fingerprint density at radius 1 is 1.25 bits per heavy atom. The number of ether oxygens (including phenoxy) is 1. The van der Waals surface area contributed by atoms with Crippen molar-refractivity contribution in [3.8, 4) is 0 Å². The molecule has 86 valence electrons. The van der Waals surface area contributed by atoms with Crippen molar-refractivity contribution in [2.75, 3.05) is 20.7 Å². The molecule has 0 aliphatic rings. The Bertz CT molecular complexity index is 362. The zero-order chi connectivity index (χ0) is 12.0. The minimum absolute atomic E-state index is 0.0117. The fourth-order valence-electron chi connectivity index (χ4n) is 1.25. The van der Waals surface area contributed by atoms with Crippen molar-refractivity contribution in [1.29, 1.82) is 0 Å². The number of rotatable bonds is 4. The number of carbonyl (C=O) groups is 2. The molecule has 1 amide bonds. The number of amides is 1. The summed E-state index contributed by atoms with van der Waals surface area (Å²) in [4.78, 5) is 24.0. The largest absolute Gasteiger partial charge is 0.468 e. The van der Waals surface area contributed by atoms with Gasteiger partial charge in [0.2, 0.25) is 5.91 Å². The molecule has 0 aliphatic carbocycles. The molecular weight excluding hydrogens is 206 g/mol. The second kappa shape index (κ2) is 5.90. The van der Waals surface area contributed by atoms with E-state index >= 15 is 0 Å². The summed E-state index contributed by atoms with van der Waals surface area (Å²) in [6.45, 7) is -0.0117. The molecule has 0 saturated carbocycles. The van der Waals surface area contributed by atoms with E-state index in [-0.39, 0.29) is 12.5 Å². The van der Waals surface area contributed by atoms with Crippen LogP contribution in [0, 0.1) is 0 Å². The molecule has 0 aliphatic heterocycles. The Labute approximate surface area is 94.8 Å². The van der Waals surface area contributed by atoms with Crippen LogP contribution in [0.25, 0.3) is 0 Å². The standard InChI is InChI=1S/C12H15NO3/c1-13(9-12(15)16-2)11(14)8-10-6-4-3-5-7-10/h3-7H,8-9H2,1-2H3. The van der Waals surface area contributed by atoms with Gasteiger partial charge in [-0.1, -0.05) is 30.3 Å². The number of nitrogens with zero attached hydrogens (tertiary/aromatic N) is 1. The van der Waals surface area contributed by atoms with Gasteiger partial charge in [-0.05, 0) is 5.56 Å². The summed E-state index contributed by atoms with van der Waals surface area (Å²) in [6.07, 6.45) is 0.300. The van der Waals surface area contributed by atoms with E-state index in [9.17, 15) is 9.59 Å². The molecule has 0 bridgehead atoms. The summed E-state index contributed by atoms with van der Waals surface area (Å²) in [6, 6.07) is 9.41. The third kappa shape index (κ3) is 3.73. The maximum Gasteiger partial charge on any atom is 0.325 e. The molecule has 0 saturated heterocycles. The molecule has 0 radical (unpaired) electrons. The molecule has 0 atom stereocenters. The van der Waals surface area contributed by atoms with E-state index < -0.39 is 5.97 Å². The monoisotopic (exact) mass is 221 g/mol. The van der Waals surface area contributed by atoms with Gasteiger partial charge < -0.3 is 9.64 Å². The van der Waals surface area contributed by atoms with Crippen LogP contribution in [0.15, 0.2) is 30.3 Å². The number of methoxy groups -OCH3 is 1. The molecule has 0 fully saturated rings. The van der Waals surface area contributed by atoms with E-state index in [1.165, 1.54) is 12.0 Å². The molecule has 4 nitrogen and oxygen atoms in total. The summed E-state index contributed by atoms with van der Waals surface area (Å²) >= 11 is 0. The maximum absolute atomic E-state index is 11.7. The smallest absolute Gasteiger partial charge is 0.325 e. The highest BCUT2D eigenvalue weighted by Crippen LogP contribution is 2.01. The first-order chi connectivity index (χ1) is 7.63. The van der Waals surface area contributed by atoms with Crippen LogP contribution in [0.1, 0.15) is 5.56 Å². The Hall–Kier alpha value is -1.84. The van der Waals surface area contributed by atoms with Crippen molar-refractivity contribution in [3.63, 3.8) is 0 Å². The van der Waals surface area contributed by atoms with Crippen molar-refractivity contribution in [2.24, 2.45) is 0 Å². The van der Waals surface area contributed by atoms with Crippen molar-refractivity contribution in [2.45, 2.75) is 6.42 Å². The van der Waals surface area contributed by atoms with Crippen LogP contribution >= 0.6 is 0 Å². The number of hydrogen-bond acceptors (Lipinski definition) is 3. The van der Waals surface area contributed by atoms with Gasteiger partial charge in [-0.3, -0.25) is 9.59 Å². The fraction of sp³-hybridized carbons (Fsp3) is 0.333. The van der Waals surface area contributed by atoms with Crippen LogP contribution in [-0.4, -0.2) is 37.5 Å². The van der Waals surface area contributed by atoms with E-state index in [4.69, 9.17) is 0 Å². The number of esters is 1. The summed E-state index contributed by atoms with van der Waals surface area (Å²) in [5, 5.41) is 0. The van der Waals surface area contributed by atoms with Crippen LogP contribution in [0.2, 0.25) is 0 Å². The zero-order valence-corrected chi connectivity index (χ0v) is 9.47. The molecule has 0 unspecified atom stereocenters. The van der Waals surface area contributed by atoms with E-state index in [1.54, 1.807) is 7.05 Å². The van der Waals surface area contributed by atoms with Crippen molar-refractivity contribution in [3.05, 3.63) is 35.9 Å². The Kier molecular flexibility index (Phi) is 4.51. The Morgan fingerprint density at radius 3 is 2.44 bits per heavy atom. The fourth-order valence-corrected chi connectivity index (χ4v) is 1.25. The highest BCUT2D eigenvalue weighted by atomic mass is 16.5. The van der Waals surface area contributed by atoms with E-state index in [2.05, 4.69) is 4.74 Å². The molecule has 1 aromatic carbocycles. The van der Waals surface area contributed by atoms with Gasteiger partial charge in [-0.15, -0.1) is 0 Å². The van der Waals surface area contributed by atoms with Gasteiger partial charge in [0.1, 0.15) is 6.54 Å². The normalized spacial score (nSPS) is 9.62. The first-order valence-electron chi connectivity index (χ1n) is 4.98. The first kappa shape index (κ1) is 12.2. The predicted octanol–water partition coefficient (Wildman–Crippen LogP) is 0.860.